The number of fused-ring (bicyclic) bond motifs is 6. The summed E-state index contributed by atoms with van der Waals surface area (Å²) >= 11 is 6.32. The molecular weight excluding hydrogens is 412 g/mol. The lowest BCUT2D eigenvalue weighted by Crippen LogP contribution is -2.36. The lowest BCUT2D eigenvalue weighted by Gasteiger charge is -2.28. The van der Waals surface area contributed by atoms with Gasteiger partial charge in [0.2, 0.25) is 5.95 Å². The number of aromatic nitrogens is 3. The van der Waals surface area contributed by atoms with Crippen LogP contribution in [0, 0.1) is 5.92 Å². The molecule has 6 bridgehead atoms. The van der Waals surface area contributed by atoms with Gasteiger partial charge in [-0.3, -0.25) is 9.78 Å². The molecule has 2 aromatic heterocycles. The number of allylic oxidation sites excluding steroid dienone is 3. The number of anilines is 4. The predicted molar refractivity (Wildman–Crippen MR) is 122 cm³/mol. The molecular formula is C23H19ClN6O. The van der Waals surface area contributed by atoms with Crippen molar-refractivity contribution in [3.63, 3.8) is 0 Å². The average molecular weight is 431 g/mol. The number of nitrogens with one attached hydrogen (secondary N) is 2. The maximum Gasteiger partial charge on any atom is 0.259 e. The Morgan fingerprint density at radius 1 is 1.16 bits per heavy atom. The number of rotatable bonds is 1. The largest absolute Gasteiger partial charge is 0.339 e. The van der Waals surface area contributed by atoms with Gasteiger partial charge in [0.25, 0.3) is 5.91 Å². The van der Waals surface area contributed by atoms with E-state index in [9.17, 15) is 4.79 Å². The highest BCUT2D eigenvalue weighted by atomic mass is 35.5. The van der Waals surface area contributed by atoms with E-state index in [1.54, 1.807) is 35.6 Å². The Kier molecular flexibility index (Phi) is 5.09. The first kappa shape index (κ1) is 19.3. The fourth-order valence-corrected chi connectivity index (χ4v) is 3.84. The third-order valence-electron chi connectivity index (χ3n) is 5.17. The number of halogens is 1. The van der Waals surface area contributed by atoms with Crippen LogP contribution in [0.15, 0.2) is 78.9 Å². The van der Waals surface area contributed by atoms with E-state index in [1.807, 2.05) is 36.4 Å². The Hall–Kier alpha value is -3.71. The minimum absolute atomic E-state index is 0.101. The van der Waals surface area contributed by atoms with E-state index in [0.717, 1.165) is 23.5 Å². The molecule has 31 heavy (non-hydrogen) atoms. The highest BCUT2D eigenvalue weighted by Crippen LogP contribution is 2.30. The third-order valence-corrected chi connectivity index (χ3v) is 5.45. The van der Waals surface area contributed by atoms with Crippen LogP contribution in [0.3, 0.4) is 0 Å². The molecule has 0 radical (unpaired) electrons. The first-order valence-electron chi connectivity index (χ1n) is 9.91. The van der Waals surface area contributed by atoms with Crippen molar-refractivity contribution in [2.24, 2.45) is 5.92 Å². The van der Waals surface area contributed by atoms with Crippen LogP contribution in [0.1, 0.15) is 16.8 Å². The highest BCUT2D eigenvalue weighted by Gasteiger charge is 2.24. The maximum atomic E-state index is 13.4. The van der Waals surface area contributed by atoms with Crippen LogP contribution in [0.4, 0.5) is 23.1 Å². The van der Waals surface area contributed by atoms with Gasteiger partial charge < -0.3 is 15.5 Å². The Bertz CT molecular complexity index is 1190. The fourth-order valence-electron chi connectivity index (χ4n) is 3.70. The van der Waals surface area contributed by atoms with Crippen LogP contribution < -0.4 is 15.5 Å². The molecule has 2 N–H and O–H groups in total. The standard InChI is InChI=1S/C23H19ClN6O/c24-20-13-26-23-28-17-6-1-4-15(10-17)14-30(22(31)16-5-3-9-25-12-16)19-8-2-7-18(11-19)27-21(20)29-23/h1-9,11-13,15H,10,14H2,(H2,26,27,28,29). The molecule has 154 valence electrons. The number of carbonyl (C=O) groups excluding carboxylic acids is 1. The summed E-state index contributed by atoms with van der Waals surface area (Å²) in [6.07, 6.45) is 11.6. The van der Waals surface area contributed by atoms with Gasteiger partial charge in [-0.25, -0.2) is 4.98 Å². The summed E-state index contributed by atoms with van der Waals surface area (Å²) in [6.45, 7) is 0.520. The van der Waals surface area contributed by atoms with Gasteiger partial charge in [-0.05, 0) is 42.8 Å². The maximum absolute atomic E-state index is 13.4. The third kappa shape index (κ3) is 4.13. The van der Waals surface area contributed by atoms with Crippen molar-refractivity contribution in [1.82, 2.24) is 15.0 Å². The number of pyridine rings is 1. The molecule has 1 aromatic carbocycles. The topological polar surface area (TPSA) is 83.0 Å². The summed E-state index contributed by atoms with van der Waals surface area (Å²) in [5.74, 6) is 0.975. The van der Waals surface area contributed by atoms with Crippen molar-refractivity contribution >= 4 is 40.6 Å². The molecule has 1 aliphatic carbocycles. The molecule has 1 amide bonds. The zero-order valence-electron chi connectivity index (χ0n) is 16.5. The van der Waals surface area contributed by atoms with E-state index in [4.69, 9.17) is 11.6 Å². The van der Waals surface area contributed by atoms with E-state index in [2.05, 4.69) is 31.7 Å². The average Bonchev–Trinajstić information content (AvgIpc) is 2.80. The summed E-state index contributed by atoms with van der Waals surface area (Å²) in [7, 11) is 0. The number of hydrogen-bond acceptors (Lipinski definition) is 6. The number of hydrogen-bond donors (Lipinski definition) is 2. The molecule has 0 spiro atoms. The van der Waals surface area contributed by atoms with E-state index < -0.39 is 0 Å². The number of amides is 1. The molecule has 3 heterocycles. The van der Waals surface area contributed by atoms with Crippen molar-refractivity contribution in [2.75, 3.05) is 22.1 Å². The molecule has 1 unspecified atom stereocenters. The second-order valence-electron chi connectivity index (χ2n) is 7.39. The Balaban J connectivity index is 1.60. The minimum atomic E-state index is -0.101. The van der Waals surface area contributed by atoms with Crippen molar-refractivity contribution in [3.05, 3.63) is 89.5 Å². The SMILES string of the molecule is O=C(c1cccnc1)N1CC2C=CC=C(C2)Nc2ncc(Cl)c(n2)Nc2cccc1c2. The van der Waals surface area contributed by atoms with Crippen LogP contribution in [0.2, 0.25) is 5.02 Å². The van der Waals surface area contributed by atoms with Gasteiger partial charge in [0, 0.05) is 41.9 Å². The normalized spacial score (nSPS) is 17.3. The van der Waals surface area contributed by atoms with Gasteiger partial charge in [-0.1, -0.05) is 29.8 Å². The lowest BCUT2D eigenvalue weighted by atomic mass is 9.97. The zero-order chi connectivity index (χ0) is 21.2. The van der Waals surface area contributed by atoms with E-state index in [-0.39, 0.29) is 11.8 Å². The second-order valence-corrected chi connectivity index (χ2v) is 7.80. The van der Waals surface area contributed by atoms with Crippen LogP contribution in [-0.4, -0.2) is 27.4 Å². The molecule has 5 rings (SSSR count). The first-order valence-corrected chi connectivity index (χ1v) is 10.3. The van der Waals surface area contributed by atoms with Crippen LogP contribution in [-0.2, 0) is 0 Å². The van der Waals surface area contributed by atoms with Crippen molar-refractivity contribution in [1.29, 1.82) is 0 Å². The van der Waals surface area contributed by atoms with E-state index in [1.165, 1.54) is 0 Å². The molecule has 0 saturated heterocycles. The molecule has 0 saturated carbocycles. The van der Waals surface area contributed by atoms with Gasteiger partial charge in [-0.15, -0.1) is 0 Å². The van der Waals surface area contributed by atoms with Gasteiger partial charge in [0.15, 0.2) is 5.82 Å². The quantitative estimate of drug-likeness (QED) is 0.577. The molecule has 7 nitrogen and oxygen atoms in total. The molecule has 8 heteroatoms. The summed E-state index contributed by atoms with van der Waals surface area (Å²) in [5.41, 5.74) is 3.06. The molecule has 1 atom stereocenters. The summed E-state index contributed by atoms with van der Waals surface area (Å²) in [6, 6.07) is 11.2. The van der Waals surface area contributed by atoms with Crippen LogP contribution >= 0.6 is 11.6 Å². The van der Waals surface area contributed by atoms with Crippen molar-refractivity contribution < 1.29 is 4.79 Å². The van der Waals surface area contributed by atoms with Gasteiger partial charge in [0.05, 0.1) is 11.8 Å². The van der Waals surface area contributed by atoms with E-state index >= 15 is 0 Å². The molecule has 2 aliphatic rings. The number of carbonyl (C=O) groups is 1. The van der Waals surface area contributed by atoms with E-state index in [0.29, 0.717) is 28.9 Å². The van der Waals surface area contributed by atoms with Crippen LogP contribution in [0.25, 0.3) is 0 Å². The molecule has 3 aromatic rings. The minimum Gasteiger partial charge on any atom is -0.339 e. The fraction of sp³-hybridized carbons (Fsp3) is 0.130. The number of nitrogens with zero attached hydrogens (tertiary/aromatic N) is 4. The Morgan fingerprint density at radius 2 is 2.10 bits per heavy atom. The molecule has 0 fully saturated rings. The summed E-state index contributed by atoms with van der Waals surface area (Å²) in [4.78, 5) is 28.1. The van der Waals surface area contributed by atoms with Gasteiger partial charge >= 0.3 is 0 Å². The van der Waals surface area contributed by atoms with Gasteiger partial charge in [0.1, 0.15) is 5.02 Å². The summed E-state index contributed by atoms with van der Waals surface area (Å²) < 4.78 is 0. The van der Waals surface area contributed by atoms with Gasteiger partial charge in [-0.2, -0.15) is 4.98 Å². The van der Waals surface area contributed by atoms with Crippen molar-refractivity contribution in [3.8, 4) is 0 Å². The zero-order valence-corrected chi connectivity index (χ0v) is 17.3. The number of benzene rings is 1. The summed E-state index contributed by atoms with van der Waals surface area (Å²) in [5, 5.41) is 6.92. The first-order chi connectivity index (χ1) is 15.2. The van der Waals surface area contributed by atoms with Crippen LogP contribution in [0.5, 0.6) is 0 Å². The Morgan fingerprint density at radius 3 is 2.97 bits per heavy atom. The monoisotopic (exact) mass is 430 g/mol. The predicted octanol–water partition coefficient (Wildman–Crippen LogP) is 4.80. The van der Waals surface area contributed by atoms with Crippen molar-refractivity contribution in [2.45, 2.75) is 6.42 Å². The Labute approximate surface area is 184 Å². The lowest BCUT2D eigenvalue weighted by molar-refractivity contribution is 0.0984. The smallest absolute Gasteiger partial charge is 0.259 e. The highest BCUT2D eigenvalue weighted by molar-refractivity contribution is 6.32. The second kappa shape index (κ2) is 8.20. The molecule has 1 aliphatic heterocycles.